The Labute approximate surface area is 191 Å². The van der Waals surface area contributed by atoms with Gasteiger partial charge < -0.3 is 19.9 Å². The highest BCUT2D eigenvalue weighted by atomic mass is 35.5. The highest BCUT2D eigenvalue weighted by molar-refractivity contribution is 8.00. The first kappa shape index (κ1) is 21.8. The predicted octanol–water partition coefficient (Wildman–Crippen LogP) is 4.63. The van der Waals surface area contributed by atoms with Crippen LogP contribution in [-0.2, 0) is 4.79 Å². The smallest absolute Gasteiger partial charge is 0.321 e. The number of benzene rings is 2. The van der Waals surface area contributed by atoms with Crippen molar-refractivity contribution in [3.8, 4) is 5.75 Å². The van der Waals surface area contributed by atoms with Crippen LogP contribution in [-0.4, -0.2) is 58.6 Å². The van der Waals surface area contributed by atoms with E-state index < -0.39 is 0 Å². The molecule has 0 saturated carbocycles. The second-order valence-electron chi connectivity index (χ2n) is 7.81. The minimum atomic E-state index is -0.250. The predicted molar refractivity (Wildman–Crippen MR) is 125 cm³/mol. The number of hydrogen-bond donors (Lipinski definition) is 1. The lowest BCUT2D eigenvalue weighted by molar-refractivity contribution is -0.136. The average molecular weight is 460 g/mol. The standard InChI is InChI=1S/C23H26ClN3O3S/c1-17-4-2-3-5-20(17)25-22(29)26-12-10-23(11-13-26)27(14-15-31-23)21(28)16-30-19-8-6-18(24)7-9-19/h2-9H,10-16H2,1H3,(H,25,29). The van der Waals surface area contributed by atoms with Crippen LogP contribution < -0.4 is 10.1 Å². The number of aryl methyl sites for hydroxylation is 1. The maximum atomic E-state index is 12.9. The molecule has 6 nitrogen and oxygen atoms in total. The average Bonchev–Trinajstić information content (AvgIpc) is 3.18. The molecule has 2 aliphatic heterocycles. The van der Waals surface area contributed by atoms with Gasteiger partial charge >= 0.3 is 6.03 Å². The molecule has 2 aliphatic rings. The summed E-state index contributed by atoms with van der Waals surface area (Å²) in [6.07, 6.45) is 1.51. The molecule has 2 aromatic rings. The monoisotopic (exact) mass is 459 g/mol. The summed E-state index contributed by atoms with van der Waals surface area (Å²) in [5.74, 6) is 1.52. The first-order chi connectivity index (χ1) is 15.0. The van der Waals surface area contributed by atoms with Crippen LogP contribution in [0.1, 0.15) is 18.4 Å². The largest absolute Gasteiger partial charge is 0.484 e. The van der Waals surface area contributed by atoms with Crippen molar-refractivity contribution in [1.29, 1.82) is 0 Å². The number of carbonyl (C=O) groups is 2. The summed E-state index contributed by atoms with van der Waals surface area (Å²) < 4.78 is 5.67. The van der Waals surface area contributed by atoms with Crippen LogP contribution >= 0.6 is 23.4 Å². The fourth-order valence-electron chi connectivity index (χ4n) is 4.10. The number of thioether (sulfide) groups is 1. The molecule has 3 amide bonds. The summed E-state index contributed by atoms with van der Waals surface area (Å²) in [7, 11) is 0. The number of urea groups is 1. The number of anilines is 1. The molecular weight excluding hydrogens is 434 g/mol. The van der Waals surface area contributed by atoms with Crippen LogP contribution in [0.3, 0.4) is 0 Å². The van der Waals surface area contributed by atoms with Crippen LogP contribution in [0.2, 0.25) is 5.02 Å². The van der Waals surface area contributed by atoms with E-state index in [4.69, 9.17) is 16.3 Å². The molecular formula is C23H26ClN3O3S. The summed E-state index contributed by atoms with van der Waals surface area (Å²) in [6.45, 7) is 3.93. The van der Waals surface area contributed by atoms with Crippen molar-refractivity contribution in [1.82, 2.24) is 9.80 Å². The maximum absolute atomic E-state index is 12.9. The molecule has 1 spiro atoms. The number of nitrogens with zero attached hydrogens (tertiary/aromatic N) is 2. The molecule has 0 radical (unpaired) electrons. The Kier molecular flexibility index (Phi) is 6.62. The first-order valence-electron chi connectivity index (χ1n) is 10.4. The molecule has 31 heavy (non-hydrogen) atoms. The zero-order valence-corrected chi connectivity index (χ0v) is 19.0. The minimum absolute atomic E-state index is 0.00142. The van der Waals surface area contributed by atoms with Gasteiger partial charge in [-0.15, -0.1) is 11.8 Å². The van der Waals surface area contributed by atoms with Crippen LogP contribution in [0.5, 0.6) is 5.75 Å². The quantitative estimate of drug-likeness (QED) is 0.724. The van der Waals surface area contributed by atoms with Gasteiger partial charge in [0.05, 0.1) is 4.87 Å². The van der Waals surface area contributed by atoms with E-state index >= 15 is 0 Å². The Balaban J connectivity index is 1.33. The van der Waals surface area contributed by atoms with E-state index in [2.05, 4.69) is 5.32 Å². The molecule has 1 N–H and O–H groups in total. The second-order valence-corrected chi connectivity index (χ2v) is 9.71. The van der Waals surface area contributed by atoms with Crippen molar-refractivity contribution >= 4 is 41.0 Å². The van der Waals surface area contributed by atoms with Crippen LogP contribution in [0.15, 0.2) is 48.5 Å². The number of halogens is 1. The van der Waals surface area contributed by atoms with Crippen molar-refractivity contribution < 1.29 is 14.3 Å². The van der Waals surface area contributed by atoms with Crippen LogP contribution in [0, 0.1) is 6.92 Å². The molecule has 0 aromatic heterocycles. The van der Waals surface area contributed by atoms with Gasteiger partial charge in [-0.05, 0) is 55.7 Å². The van der Waals surface area contributed by atoms with Gasteiger partial charge in [0.25, 0.3) is 5.91 Å². The normalized spacial score (nSPS) is 17.6. The van der Waals surface area contributed by atoms with Crippen LogP contribution in [0.25, 0.3) is 0 Å². The zero-order valence-electron chi connectivity index (χ0n) is 17.5. The lowest BCUT2D eigenvalue weighted by atomic mass is 10.0. The van der Waals surface area contributed by atoms with Gasteiger partial charge in [0, 0.05) is 36.1 Å². The van der Waals surface area contributed by atoms with Gasteiger partial charge in [0.1, 0.15) is 5.75 Å². The Bertz CT molecular complexity index is 945. The van der Waals surface area contributed by atoms with Gasteiger partial charge in [-0.1, -0.05) is 29.8 Å². The van der Waals surface area contributed by atoms with E-state index in [1.807, 2.05) is 52.8 Å². The van der Waals surface area contributed by atoms with Crippen molar-refractivity contribution in [2.24, 2.45) is 0 Å². The van der Waals surface area contributed by atoms with Crippen molar-refractivity contribution in [2.45, 2.75) is 24.6 Å². The SMILES string of the molecule is Cc1ccccc1NC(=O)N1CCC2(CC1)SCCN2C(=O)COc1ccc(Cl)cc1. The molecule has 0 atom stereocenters. The van der Waals surface area contributed by atoms with E-state index in [1.54, 1.807) is 24.3 Å². The maximum Gasteiger partial charge on any atom is 0.321 e. The molecule has 0 unspecified atom stereocenters. The third-order valence-electron chi connectivity index (χ3n) is 5.87. The van der Waals surface area contributed by atoms with E-state index in [9.17, 15) is 9.59 Å². The summed E-state index contributed by atoms with van der Waals surface area (Å²) >= 11 is 7.72. The van der Waals surface area contributed by atoms with Gasteiger partial charge in [-0.3, -0.25) is 4.79 Å². The molecule has 2 fully saturated rings. The topological polar surface area (TPSA) is 61.9 Å². The molecule has 4 rings (SSSR count). The number of carbonyl (C=O) groups excluding carboxylic acids is 2. The Morgan fingerprint density at radius 3 is 2.52 bits per heavy atom. The highest BCUT2D eigenvalue weighted by Crippen LogP contribution is 2.44. The van der Waals surface area contributed by atoms with E-state index in [-0.39, 0.29) is 23.4 Å². The molecule has 2 saturated heterocycles. The number of rotatable bonds is 4. The summed E-state index contributed by atoms with van der Waals surface area (Å²) in [4.78, 5) is 29.2. The van der Waals surface area contributed by atoms with Crippen molar-refractivity contribution in [3.05, 3.63) is 59.1 Å². The number of para-hydroxylation sites is 1. The molecule has 8 heteroatoms. The second kappa shape index (κ2) is 9.40. The van der Waals surface area contributed by atoms with Crippen molar-refractivity contribution in [3.63, 3.8) is 0 Å². The van der Waals surface area contributed by atoms with Gasteiger partial charge in [0.2, 0.25) is 0 Å². The number of nitrogens with one attached hydrogen (secondary N) is 1. The summed E-state index contributed by atoms with van der Waals surface area (Å²) in [5.41, 5.74) is 1.87. The molecule has 0 bridgehead atoms. The van der Waals surface area contributed by atoms with Crippen LogP contribution in [0.4, 0.5) is 10.5 Å². The van der Waals surface area contributed by atoms with Gasteiger partial charge in [-0.2, -0.15) is 0 Å². The number of likely N-dealkylation sites (tertiary alicyclic amines) is 1. The Morgan fingerprint density at radius 2 is 1.81 bits per heavy atom. The third kappa shape index (κ3) is 4.93. The summed E-state index contributed by atoms with van der Waals surface area (Å²) in [6, 6.07) is 14.7. The molecule has 164 valence electrons. The number of hydrogen-bond acceptors (Lipinski definition) is 4. The van der Waals surface area contributed by atoms with Gasteiger partial charge in [0.15, 0.2) is 6.61 Å². The number of amides is 3. The van der Waals surface area contributed by atoms with E-state index in [0.717, 1.165) is 29.8 Å². The number of ether oxygens (including phenoxy) is 1. The van der Waals surface area contributed by atoms with Crippen molar-refractivity contribution in [2.75, 3.05) is 37.3 Å². The lowest BCUT2D eigenvalue weighted by Gasteiger charge is -2.44. The zero-order chi connectivity index (χ0) is 21.8. The summed E-state index contributed by atoms with van der Waals surface area (Å²) in [5, 5.41) is 3.64. The minimum Gasteiger partial charge on any atom is -0.484 e. The molecule has 2 heterocycles. The third-order valence-corrected chi connectivity index (χ3v) is 7.68. The van der Waals surface area contributed by atoms with Gasteiger partial charge in [-0.25, -0.2) is 4.79 Å². The number of piperidine rings is 1. The lowest BCUT2D eigenvalue weighted by Crippen LogP contribution is -2.55. The highest BCUT2D eigenvalue weighted by Gasteiger charge is 2.46. The first-order valence-corrected chi connectivity index (χ1v) is 11.8. The van der Waals surface area contributed by atoms with E-state index in [0.29, 0.717) is 30.4 Å². The molecule has 2 aromatic carbocycles. The fourth-order valence-corrected chi connectivity index (χ4v) is 5.70. The Hall–Kier alpha value is -2.38. The van der Waals surface area contributed by atoms with E-state index in [1.165, 1.54) is 0 Å². The molecule has 0 aliphatic carbocycles. The fraction of sp³-hybridized carbons (Fsp3) is 0.391. The Morgan fingerprint density at radius 1 is 1.10 bits per heavy atom.